The molecule has 1 saturated carbocycles. The van der Waals surface area contributed by atoms with E-state index in [9.17, 15) is 4.79 Å². The van der Waals surface area contributed by atoms with E-state index in [4.69, 9.17) is 0 Å². The molecule has 3 nitrogen and oxygen atoms in total. The highest BCUT2D eigenvalue weighted by molar-refractivity contribution is 14.1. The molecule has 80 valence electrons. The molecule has 0 heterocycles. The number of amides is 1. The molecule has 0 aromatic heterocycles. The van der Waals surface area contributed by atoms with Crippen molar-refractivity contribution in [1.29, 1.82) is 0 Å². The van der Waals surface area contributed by atoms with Gasteiger partial charge >= 0.3 is 0 Å². The second-order valence-corrected chi connectivity index (χ2v) is 4.96. The quantitative estimate of drug-likeness (QED) is 0.834. The van der Waals surface area contributed by atoms with Gasteiger partial charge in [-0.05, 0) is 53.6 Å². The maximum atomic E-state index is 11.5. The first-order valence-electron chi connectivity index (χ1n) is 5.03. The molecule has 0 spiro atoms. The van der Waals surface area contributed by atoms with Crippen molar-refractivity contribution in [3.8, 4) is 0 Å². The third-order valence-electron chi connectivity index (χ3n) is 2.24. The van der Waals surface area contributed by atoms with Gasteiger partial charge in [0.25, 0.3) is 0 Å². The lowest BCUT2D eigenvalue weighted by atomic mass is 10.3. The van der Waals surface area contributed by atoms with Crippen LogP contribution < -0.4 is 10.6 Å². The van der Waals surface area contributed by atoms with Crippen LogP contribution in [0.2, 0.25) is 0 Å². The van der Waals surface area contributed by atoms with Crippen LogP contribution >= 0.6 is 22.6 Å². The molecular weight excluding hydrogens is 303 g/mol. The molecule has 4 heteroatoms. The zero-order chi connectivity index (χ0) is 10.7. The van der Waals surface area contributed by atoms with Crippen LogP contribution in [0, 0.1) is 3.57 Å². The first kappa shape index (κ1) is 10.9. The van der Waals surface area contributed by atoms with Gasteiger partial charge in [0.15, 0.2) is 0 Å². The van der Waals surface area contributed by atoms with E-state index in [0.717, 1.165) is 9.26 Å². The Hall–Kier alpha value is -0.620. The molecule has 1 aliphatic carbocycles. The first-order valence-corrected chi connectivity index (χ1v) is 6.11. The number of carbonyl (C=O) groups excluding carboxylic acids is 1. The van der Waals surface area contributed by atoms with Crippen molar-refractivity contribution in [2.24, 2.45) is 0 Å². The molecule has 2 rings (SSSR count). The minimum atomic E-state index is 0.0314. The average Bonchev–Trinajstić information content (AvgIpc) is 2.98. The summed E-state index contributed by atoms with van der Waals surface area (Å²) in [7, 11) is 0. The third-order valence-corrected chi connectivity index (χ3v) is 2.91. The number of benzene rings is 1. The molecule has 1 aliphatic rings. The van der Waals surface area contributed by atoms with Gasteiger partial charge in [0.05, 0.1) is 6.54 Å². The van der Waals surface area contributed by atoms with E-state index in [1.54, 1.807) is 0 Å². The monoisotopic (exact) mass is 316 g/mol. The van der Waals surface area contributed by atoms with Gasteiger partial charge in [0.1, 0.15) is 0 Å². The molecule has 1 amide bonds. The van der Waals surface area contributed by atoms with Crippen LogP contribution in [0.4, 0.5) is 5.69 Å². The van der Waals surface area contributed by atoms with Crippen molar-refractivity contribution >= 4 is 34.2 Å². The van der Waals surface area contributed by atoms with E-state index in [0.29, 0.717) is 12.6 Å². The lowest BCUT2D eigenvalue weighted by molar-refractivity contribution is -0.115. The molecule has 15 heavy (non-hydrogen) atoms. The predicted molar refractivity (Wildman–Crippen MR) is 68.8 cm³/mol. The molecule has 1 fully saturated rings. The minimum Gasteiger partial charge on any atom is -0.325 e. The Morgan fingerprint density at radius 3 is 2.93 bits per heavy atom. The summed E-state index contributed by atoms with van der Waals surface area (Å²) in [5.41, 5.74) is 0.865. The second-order valence-electron chi connectivity index (χ2n) is 3.71. The Morgan fingerprint density at radius 1 is 1.47 bits per heavy atom. The molecule has 1 aromatic rings. The fourth-order valence-electron chi connectivity index (χ4n) is 1.30. The maximum absolute atomic E-state index is 11.5. The third kappa shape index (κ3) is 3.79. The summed E-state index contributed by atoms with van der Waals surface area (Å²) in [5.74, 6) is 0.0314. The number of carbonyl (C=O) groups is 1. The zero-order valence-electron chi connectivity index (χ0n) is 8.29. The lowest BCUT2D eigenvalue weighted by Crippen LogP contribution is -2.29. The second kappa shape index (κ2) is 4.94. The zero-order valence-corrected chi connectivity index (χ0v) is 10.5. The summed E-state index contributed by atoms with van der Waals surface area (Å²) in [6.07, 6.45) is 2.41. The van der Waals surface area contributed by atoms with Crippen LogP contribution in [-0.2, 0) is 4.79 Å². The summed E-state index contributed by atoms with van der Waals surface area (Å²) in [6.45, 7) is 0.413. The normalized spacial score (nSPS) is 15.0. The van der Waals surface area contributed by atoms with E-state index < -0.39 is 0 Å². The summed E-state index contributed by atoms with van der Waals surface area (Å²) < 4.78 is 1.13. The van der Waals surface area contributed by atoms with E-state index in [-0.39, 0.29) is 5.91 Å². The van der Waals surface area contributed by atoms with E-state index >= 15 is 0 Å². The van der Waals surface area contributed by atoms with Crippen molar-refractivity contribution in [3.63, 3.8) is 0 Å². The summed E-state index contributed by atoms with van der Waals surface area (Å²) in [4.78, 5) is 11.5. The molecular formula is C11H13IN2O. The molecule has 0 saturated heterocycles. The van der Waals surface area contributed by atoms with Crippen molar-refractivity contribution in [2.45, 2.75) is 18.9 Å². The minimum absolute atomic E-state index is 0.0314. The Morgan fingerprint density at radius 2 is 2.27 bits per heavy atom. The Kier molecular flexibility index (Phi) is 3.58. The number of rotatable bonds is 4. The smallest absolute Gasteiger partial charge is 0.238 e. The van der Waals surface area contributed by atoms with Crippen LogP contribution in [0.25, 0.3) is 0 Å². The largest absolute Gasteiger partial charge is 0.325 e. The van der Waals surface area contributed by atoms with Crippen LogP contribution in [0.15, 0.2) is 24.3 Å². The van der Waals surface area contributed by atoms with Gasteiger partial charge in [-0.25, -0.2) is 0 Å². The van der Waals surface area contributed by atoms with Crippen molar-refractivity contribution < 1.29 is 4.79 Å². The van der Waals surface area contributed by atoms with E-state index in [2.05, 4.69) is 33.2 Å². The van der Waals surface area contributed by atoms with Gasteiger partial charge in [-0.1, -0.05) is 6.07 Å². The first-order chi connectivity index (χ1) is 7.24. The van der Waals surface area contributed by atoms with Crippen molar-refractivity contribution in [3.05, 3.63) is 27.8 Å². The van der Waals surface area contributed by atoms with Gasteiger partial charge in [-0.3, -0.25) is 4.79 Å². The SMILES string of the molecule is O=C(CNC1CC1)Nc1cccc(I)c1. The lowest BCUT2D eigenvalue weighted by Gasteiger charge is -2.05. The standard InChI is InChI=1S/C11H13IN2O/c12-8-2-1-3-10(6-8)14-11(15)7-13-9-4-5-9/h1-3,6,9,13H,4-5,7H2,(H,14,15). The van der Waals surface area contributed by atoms with Crippen LogP contribution in [0.3, 0.4) is 0 Å². The fraction of sp³-hybridized carbons (Fsp3) is 0.364. The molecule has 2 N–H and O–H groups in total. The highest BCUT2D eigenvalue weighted by Gasteiger charge is 2.20. The molecule has 0 unspecified atom stereocenters. The molecule has 0 atom stereocenters. The average molecular weight is 316 g/mol. The van der Waals surface area contributed by atoms with E-state index in [1.165, 1.54) is 12.8 Å². The summed E-state index contributed by atoms with van der Waals surface area (Å²) >= 11 is 2.23. The predicted octanol–water partition coefficient (Wildman–Crippen LogP) is 1.98. The fourth-order valence-corrected chi connectivity index (χ4v) is 1.84. The number of anilines is 1. The Labute approximate surface area is 103 Å². The molecule has 1 aromatic carbocycles. The summed E-state index contributed by atoms with van der Waals surface area (Å²) in [5, 5.41) is 6.04. The number of hydrogen-bond donors (Lipinski definition) is 2. The highest BCUT2D eigenvalue weighted by atomic mass is 127. The topological polar surface area (TPSA) is 41.1 Å². The van der Waals surface area contributed by atoms with Crippen LogP contribution in [0.5, 0.6) is 0 Å². The van der Waals surface area contributed by atoms with Crippen LogP contribution in [-0.4, -0.2) is 18.5 Å². The maximum Gasteiger partial charge on any atom is 0.238 e. The Bertz CT molecular complexity index is 363. The highest BCUT2D eigenvalue weighted by Crippen LogP contribution is 2.18. The van der Waals surface area contributed by atoms with Crippen molar-refractivity contribution in [2.75, 3.05) is 11.9 Å². The van der Waals surface area contributed by atoms with E-state index in [1.807, 2.05) is 24.3 Å². The van der Waals surface area contributed by atoms with Crippen LogP contribution in [0.1, 0.15) is 12.8 Å². The summed E-state index contributed by atoms with van der Waals surface area (Å²) in [6, 6.07) is 8.36. The Balaban J connectivity index is 1.81. The molecule has 0 bridgehead atoms. The molecule has 0 aliphatic heterocycles. The van der Waals surface area contributed by atoms with Crippen molar-refractivity contribution in [1.82, 2.24) is 5.32 Å². The molecule has 0 radical (unpaired) electrons. The number of halogens is 1. The van der Waals surface area contributed by atoms with Gasteiger partial charge in [0.2, 0.25) is 5.91 Å². The van der Waals surface area contributed by atoms with Gasteiger partial charge in [-0.2, -0.15) is 0 Å². The van der Waals surface area contributed by atoms with Gasteiger partial charge in [0, 0.05) is 15.3 Å². The number of hydrogen-bond acceptors (Lipinski definition) is 2. The van der Waals surface area contributed by atoms with Gasteiger partial charge in [-0.15, -0.1) is 0 Å². The number of nitrogens with one attached hydrogen (secondary N) is 2. The van der Waals surface area contributed by atoms with Gasteiger partial charge < -0.3 is 10.6 Å².